The van der Waals surface area contributed by atoms with Gasteiger partial charge in [0, 0.05) is 26.2 Å². The largest absolute Gasteiger partial charge is 0.355 e. The van der Waals surface area contributed by atoms with E-state index in [2.05, 4.69) is 5.32 Å². The molecule has 0 aliphatic heterocycles. The molecule has 0 spiro atoms. The van der Waals surface area contributed by atoms with Crippen LogP contribution in [0.15, 0.2) is 48.5 Å². The highest BCUT2D eigenvalue weighted by atomic mass is 19.1. The van der Waals surface area contributed by atoms with Crippen LogP contribution in [0.4, 0.5) is 4.39 Å². The molecule has 0 unspecified atom stereocenters. The summed E-state index contributed by atoms with van der Waals surface area (Å²) < 4.78 is 13.6. The fourth-order valence-electron chi connectivity index (χ4n) is 3.56. The van der Waals surface area contributed by atoms with Gasteiger partial charge in [-0.1, -0.05) is 30.7 Å². The Kier molecular flexibility index (Phi) is 5.07. The van der Waals surface area contributed by atoms with Crippen molar-refractivity contribution in [2.45, 2.75) is 31.2 Å². The zero-order valence-corrected chi connectivity index (χ0v) is 15.1. The molecule has 1 fully saturated rings. The first-order valence-corrected chi connectivity index (χ1v) is 8.79. The first-order valence-electron chi connectivity index (χ1n) is 8.79. The van der Waals surface area contributed by atoms with Gasteiger partial charge in [-0.3, -0.25) is 9.59 Å². The van der Waals surface area contributed by atoms with Crippen LogP contribution in [-0.2, 0) is 16.8 Å². The van der Waals surface area contributed by atoms with Crippen molar-refractivity contribution in [3.8, 4) is 0 Å². The maximum atomic E-state index is 13.6. The Balaban J connectivity index is 1.75. The lowest BCUT2D eigenvalue weighted by Gasteiger charge is -2.43. The molecule has 0 aromatic heterocycles. The van der Waals surface area contributed by atoms with Gasteiger partial charge >= 0.3 is 0 Å². The maximum Gasteiger partial charge on any atom is 0.251 e. The maximum absolute atomic E-state index is 13.6. The minimum absolute atomic E-state index is 0.0183. The van der Waals surface area contributed by atoms with E-state index < -0.39 is 5.41 Å². The molecule has 0 heterocycles. The molecular weight excluding hydrogens is 331 g/mol. The highest BCUT2D eigenvalue weighted by molar-refractivity contribution is 5.94. The van der Waals surface area contributed by atoms with E-state index >= 15 is 0 Å². The standard InChI is InChI=1S/C21H23FN2O2/c1-23-19(25)16-9-7-15(8-10-16)14-24(2)20(26)21(11-4-12-21)17-5-3-6-18(22)13-17/h3,5-10,13H,4,11-12,14H2,1-2H3,(H,23,25). The lowest BCUT2D eigenvalue weighted by molar-refractivity contribution is -0.140. The first-order chi connectivity index (χ1) is 12.5. The van der Waals surface area contributed by atoms with Gasteiger partial charge in [-0.2, -0.15) is 0 Å². The number of hydrogen-bond acceptors (Lipinski definition) is 2. The predicted molar refractivity (Wildman–Crippen MR) is 98.2 cm³/mol. The van der Waals surface area contributed by atoms with Gasteiger partial charge in [-0.15, -0.1) is 0 Å². The summed E-state index contributed by atoms with van der Waals surface area (Å²) in [7, 11) is 3.36. The number of carbonyl (C=O) groups excluding carboxylic acids is 2. The molecule has 3 rings (SSSR count). The normalized spacial score (nSPS) is 15.0. The fraction of sp³-hybridized carbons (Fsp3) is 0.333. The first kappa shape index (κ1) is 18.1. The number of hydrogen-bond donors (Lipinski definition) is 1. The minimum atomic E-state index is -0.612. The molecule has 0 atom stereocenters. The van der Waals surface area contributed by atoms with E-state index in [0.717, 1.165) is 30.4 Å². The Morgan fingerprint density at radius 3 is 2.38 bits per heavy atom. The molecule has 1 aliphatic rings. The highest BCUT2D eigenvalue weighted by Gasteiger charge is 2.47. The van der Waals surface area contributed by atoms with Crippen LogP contribution in [0.25, 0.3) is 0 Å². The highest BCUT2D eigenvalue weighted by Crippen LogP contribution is 2.45. The third-order valence-electron chi connectivity index (χ3n) is 5.20. The van der Waals surface area contributed by atoms with Crippen molar-refractivity contribution in [3.63, 3.8) is 0 Å². The van der Waals surface area contributed by atoms with Crippen LogP contribution in [0.2, 0.25) is 0 Å². The van der Waals surface area contributed by atoms with Crippen LogP contribution >= 0.6 is 0 Å². The number of halogens is 1. The summed E-state index contributed by atoms with van der Waals surface area (Å²) in [4.78, 5) is 26.4. The molecule has 0 saturated heterocycles. The van der Waals surface area contributed by atoms with Crippen LogP contribution in [-0.4, -0.2) is 30.8 Å². The zero-order chi connectivity index (χ0) is 18.7. The Morgan fingerprint density at radius 1 is 1.15 bits per heavy atom. The molecule has 0 radical (unpaired) electrons. The summed E-state index contributed by atoms with van der Waals surface area (Å²) in [6.07, 6.45) is 2.46. The van der Waals surface area contributed by atoms with Gasteiger partial charge in [0.15, 0.2) is 0 Å². The summed E-state index contributed by atoms with van der Waals surface area (Å²) in [5, 5.41) is 2.58. The number of nitrogens with one attached hydrogen (secondary N) is 1. The van der Waals surface area contributed by atoms with Crippen LogP contribution in [0.1, 0.15) is 40.7 Å². The molecular formula is C21H23FN2O2. The van der Waals surface area contributed by atoms with Crippen molar-refractivity contribution in [1.29, 1.82) is 0 Å². The van der Waals surface area contributed by atoms with Crippen molar-refractivity contribution in [1.82, 2.24) is 10.2 Å². The molecule has 1 saturated carbocycles. The van der Waals surface area contributed by atoms with Crippen molar-refractivity contribution in [3.05, 3.63) is 71.0 Å². The van der Waals surface area contributed by atoms with E-state index in [1.807, 2.05) is 18.2 Å². The molecule has 26 heavy (non-hydrogen) atoms. The van der Waals surface area contributed by atoms with Gasteiger partial charge in [-0.05, 0) is 48.2 Å². The SMILES string of the molecule is CNC(=O)c1ccc(CN(C)C(=O)C2(c3cccc(F)c3)CCC2)cc1. The second kappa shape index (κ2) is 7.28. The minimum Gasteiger partial charge on any atom is -0.355 e. The Bertz CT molecular complexity index is 813. The van der Waals surface area contributed by atoms with Crippen molar-refractivity contribution in [2.75, 3.05) is 14.1 Å². The number of likely N-dealkylation sites (N-methyl/N-ethyl adjacent to an activating group) is 1. The smallest absolute Gasteiger partial charge is 0.251 e. The van der Waals surface area contributed by atoms with E-state index in [1.165, 1.54) is 12.1 Å². The molecule has 2 aromatic carbocycles. The summed E-state index contributed by atoms with van der Waals surface area (Å²) in [5.41, 5.74) is 1.68. The number of benzene rings is 2. The van der Waals surface area contributed by atoms with Crippen molar-refractivity contribution in [2.24, 2.45) is 0 Å². The summed E-state index contributed by atoms with van der Waals surface area (Å²) in [6.45, 7) is 0.448. The number of rotatable bonds is 5. The number of carbonyl (C=O) groups is 2. The topological polar surface area (TPSA) is 49.4 Å². The molecule has 2 amide bonds. The molecule has 0 bridgehead atoms. The molecule has 1 N–H and O–H groups in total. The zero-order valence-electron chi connectivity index (χ0n) is 15.1. The molecule has 1 aliphatic carbocycles. The third-order valence-corrected chi connectivity index (χ3v) is 5.20. The molecule has 2 aromatic rings. The Labute approximate surface area is 153 Å². The van der Waals surface area contributed by atoms with Crippen molar-refractivity contribution < 1.29 is 14.0 Å². The van der Waals surface area contributed by atoms with Crippen molar-refractivity contribution >= 4 is 11.8 Å². The summed E-state index contributed by atoms with van der Waals surface area (Å²) >= 11 is 0. The van der Waals surface area contributed by atoms with Gasteiger partial charge in [0.2, 0.25) is 5.91 Å². The van der Waals surface area contributed by atoms with Crippen LogP contribution < -0.4 is 5.32 Å². The average Bonchev–Trinajstić information content (AvgIpc) is 2.60. The van der Waals surface area contributed by atoms with Gasteiger partial charge < -0.3 is 10.2 Å². The Hall–Kier alpha value is -2.69. The predicted octanol–water partition coefficient (Wildman–Crippen LogP) is 3.27. The third kappa shape index (κ3) is 3.34. The summed E-state index contributed by atoms with van der Waals surface area (Å²) in [6, 6.07) is 13.6. The second-order valence-electron chi connectivity index (χ2n) is 6.88. The van der Waals surface area contributed by atoms with E-state index in [4.69, 9.17) is 0 Å². The quantitative estimate of drug-likeness (QED) is 0.896. The number of amides is 2. The van der Waals surface area contributed by atoms with Crippen LogP contribution in [0.5, 0.6) is 0 Å². The van der Waals surface area contributed by atoms with E-state index in [-0.39, 0.29) is 17.6 Å². The second-order valence-corrected chi connectivity index (χ2v) is 6.88. The number of nitrogens with zero attached hydrogens (tertiary/aromatic N) is 1. The van der Waals surface area contributed by atoms with E-state index in [1.54, 1.807) is 37.2 Å². The lowest BCUT2D eigenvalue weighted by atomic mass is 9.63. The van der Waals surface area contributed by atoms with E-state index in [9.17, 15) is 14.0 Å². The Morgan fingerprint density at radius 2 is 1.85 bits per heavy atom. The van der Waals surface area contributed by atoms with Gasteiger partial charge in [0.1, 0.15) is 5.82 Å². The van der Waals surface area contributed by atoms with Crippen LogP contribution in [0.3, 0.4) is 0 Å². The molecule has 136 valence electrons. The van der Waals surface area contributed by atoms with Gasteiger partial charge in [0.25, 0.3) is 5.91 Å². The van der Waals surface area contributed by atoms with Gasteiger partial charge in [-0.25, -0.2) is 4.39 Å². The molecule has 5 heteroatoms. The van der Waals surface area contributed by atoms with Crippen LogP contribution in [0, 0.1) is 5.82 Å². The fourth-order valence-corrected chi connectivity index (χ4v) is 3.56. The van der Waals surface area contributed by atoms with Gasteiger partial charge in [0.05, 0.1) is 5.41 Å². The summed E-state index contributed by atoms with van der Waals surface area (Å²) in [5.74, 6) is -0.431. The molecule has 4 nitrogen and oxygen atoms in total. The average molecular weight is 354 g/mol. The lowest BCUT2D eigenvalue weighted by Crippen LogP contribution is -2.49. The van der Waals surface area contributed by atoms with E-state index in [0.29, 0.717) is 12.1 Å². The monoisotopic (exact) mass is 354 g/mol.